The molecule has 6 nitrogen and oxygen atoms in total. The van der Waals surface area contributed by atoms with Gasteiger partial charge in [-0.15, -0.1) is 11.3 Å². The van der Waals surface area contributed by atoms with E-state index in [2.05, 4.69) is 10.3 Å². The first-order valence-electron chi connectivity index (χ1n) is 7.49. The van der Waals surface area contributed by atoms with Gasteiger partial charge >= 0.3 is 6.09 Å². The first-order valence-corrected chi connectivity index (χ1v) is 9.50. The van der Waals surface area contributed by atoms with Crippen molar-refractivity contribution in [2.75, 3.05) is 18.5 Å². The summed E-state index contributed by atoms with van der Waals surface area (Å²) >= 11 is 8.66. The molecule has 24 heavy (non-hydrogen) atoms. The van der Waals surface area contributed by atoms with Gasteiger partial charge in [0.25, 0.3) is 0 Å². The molecule has 1 aliphatic rings. The summed E-state index contributed by atoms with van der Waals surface area (Å²) in [6.45, 7) is 3.20. The Labute approximate surface area is 152 Å². The summed E-state index contributed by atoms with van der Waals surface area (Å²) in [5.74, 6) is -0.123. The number of thiophene rings is 1. The highest BCUT2D eigenvalue weighted by Gasteiger charge is 2.25. The molecular weight excluding hydrogens is 370 g/mol. The summed E-state index contributed by atoms with van der Waals surface area (Å²) in [6, 6.07) is 3.62. The maximum Gasteiger partial charge on any atom is 0.410 e. The van der Waals surface area contributed by atoms with E-state index >= 15 is 0 Å². The molecule has 0 radical (unpaired) electrons. The Bertz CT molecular complexity index is 759. The van der Waals surface area contributed by atoms with Gasteiger partial charge in [-0.3, -0.25) is 4.79 Å². The molecule has 128 valence electrons. The number of fused-ring (bicyclic) bond motifs is 1. The Morgan fingerprint density at radius 1 is 1.42 bits per heavy atom. The first kappa shape index (κ1) is 17.2. The molecule has 0 atom stereocenters. The maximum atomic E-state index is 12.1. The van der Waals surface area contributed by atoms with Crippen LogP contribution in [0.25, 0.3) is 0 Å². The van der Waals surface area contributed by atoms with Crippen molar-refractivity contribution in [2.45, 2.75) is 26.3 Å². The summed E-state index contributed by atoms with van der Waals surface area (Å²) in [4.78, 5) is 31.9. The Morgan fingerprint density at radius 3 is 2.96 bits per heavy atom. The number of nitrogens with one attached hydrogen (secondary N) is 1. The molecule has 0 aromatic carbocycles. The number of anilines is 1. The second-order valence-corrected chi connectivity index (χ2v) is 8.07. The smallest absolute Gasteiger partial charge is 0.410 e. The highest BCUT2D eigenvalue weighted by atomic mass is 35.5. The number of nitrogens with zero attached hydrogens (tertiary/aromatic N) is 2. The highest BCUT2D eigenvalue weighted by molar-refractivity contribution is 7.16. The molecule has 2 amide bonds. The van der Waals surface area contributed by atoms with E-state index < -0.39 is 0 Å². The Balaban J connectivity index is 1.61. The Hall–Kier alpha value is -1.64. The van der Waals surface area contributed by atoms with Gasteiger partial charge in [-0.05, 0) is 19.1 Å². The Kier molecular flexibility index (Phi) is 5.37. The highest BCUT2D eigenvalue weighted by Crippen LogP contribution is 2.29. The van der Waals surface area contributed by atoms with Gasteiger partial charge in [-0.1, -0.05) is 22.9 Å². The zero-order valence-electron chi connectivity index (χ0n) is 13.0. The van der Waals surface area contributed by atoms with Crippen molar-refractivity contribution in [1.29, 1.82) is 0 Å². The largest absolute Gasteiger partial charge is 0.450 e. The average Bonchev–Trinajstić information content (AvgIpc) is 3.11. The van der Waals surface area contributed by atoms with Gasteiger partial charge in [0.15, 0.2) is 5.13 Å². The molecule has 0 bridgehead atoms. The molecule has 0 saturated heterocycles. The third-order valence-corrected chi connectivity index (χ3v) is 5.70. The van der Waals surface area contributed by atoms with E-state index in [1.165, 1.54) is 22.7 Å². The molecule has 1 N–H and O–H groups in total. The van der Waals surface area contributed by atoms with E-state index in [4.69, 9.17) is 16.3 Å². The van der Waals surface area contributed by atoms with Crippen molar-refractivity contribution >= 4 is 51.4 Å². The van der Waals surface area contributed by atoms with Crippen LogP contribution < -0.4 is 5.32 Å². The zero-order chi connectivity index (χ0) is 17.1. The van der Waals surface area contributed by atoms with Crippen LogP contribution in [0.1, 0.15) is 22.4 Å². The predicted octanol–water partition coefficient (Wildman–Crippen LogP) is 3.55. The number of rotatable bonds is 4. The van der Waals surface area contributed by atoms with Gasteiger partial charge in [0, 0.05) is 22.7 Å². The number of halogens is 1. The summed E-state index contributed by atoms with van der Waals surface area (Å²) < 4.78 is 5.70. The molecule has 0 fully saturated rings. The third kappa shape index (κ3) is 4.06. The van der Waals surface area contributed by atoms with Crippen LogP contribution in [0.2, 0.25) is 4.34 Å². The standard InChI is InChI=1S/C15H16ClN3O3S2/c1-2-22-15(21)19-6-5-10-11(8-19)24-14(17-10)18-13(20)7-9-3-4-12(16)23-9/h3-4H,2,5-8H2,1H3,(H,17,18,20). The van der Waals surface area contributed by atoms with Crippen LogP contribution in [-0.2, 0) is 28.9 Å². The van der Waals surface area contributed by atoms with Crippen LogP contribution in [0.15, 0.2) is 12.1 Å². The van der Waals surface area contributed by atoms with Gasteiger partial charge in [-0.25, -0.2) is 9.78 Å². The normalized spacial score (nSPS) is 13.5. The van der Waals surface area contributed by atoms with Crippen molar-refractivity contribution in [1.82, 2.24) is 9.88 Å². The van der Waals surface area contributed by atoms with Crippen LogP contribution in [0, 0.1) is 0 Å². The predicted molar refractivity (Wildman–Crippen MR) is 94.9 cm³/mol. The summed E-state index contributed by atoms with van der Waals surface area (Å²) in [7, 11) is 0. The number of amides is 2. The topological polar surface area (TPSA) is 71.5 Å². The number of thiazole rings is 1. The van der Waals surface area contributed by atoms with Gasteiger partial charge in [0.1, 0.15) is 0 Å². The fourth-order valence-corrected chi connectivity index (χ4v) is 4.51. The average molecular weight is 386 g/mol. The van der Waals surface area contributed by atoms with E-state index in [-0.39, 0.29) is 18.4 Å². The maximum absolute atomic E-state index is 12.1. The zero-order valence-corrected chi connectivity index (χ0v) is 15.4. The minimum Gasteiger partial charge on any atom is -0.450 e. The van der Waals surface area contributed by atoms with Crippen molar-refractivity contribution in [2.24, 2.45) is 0 Å². The fourth-order valence-electron chi connectivity index (χ4n) is 2.39. The second kappa shape index (κ2) is 7.50. The molecule has 3 rings (SSSR count). The summed E-state index contributed by atoms with van der Waals surface area (Å²) in [5.41, 5.74) is 0.940. The van der Waals surface area contributed by atoms with E-state index in [1.807, 2.05) is 6.07 Å². The minimum atomic E-state index is -0.309. The molecule has 0 saturated carbocycles. The first-order chi connectivity index (χ1) is 11.5. The minimum absolute atomic E-state index is 0.123. The number of ether oxygens (including phenoxy) is 1. The quantitative estimate of drug-likeness (QED) is 0.873. The van der Waals surface area contributed by atoms with Crippen LogP contribution >= 0.6 is 34.3 Å². The van der Waals surface area contributed by atoms with Crippen LogP contribution in [0.4, 0.5) is 9.93 Å². The molecule has 0 unspecified atom stereocenters. The summed E-state index contributed by atoms with van der Waals surface area (Å²) in [5, 5.41) is 3.39. The lowest BCUT2D eigenvalue weighted by Crippen LogP contribution is -2.35. The number of aromatic nitrogens is 1. The fraction of sp³-hybridized carbons (Fsp3) is 0.400. The molecule has 3 heterocycles. The molecule has 9 heteroatoms. The van der Waals surface area contributed by atoms with E-state index in [0.29, 0.717) is 35.6 Å². The summed E-state index contributed by atoms with van der Waals surface area (Å²) in [6.07, 6.45) is 0.633. The van der Waals surface area contributed by atoms with E-state index in [1.54, 1.807) is 17.9 Å². The third-order valence-electron chi connectivity index (χ3n) is 3.47. The number of hydrogen-bond donors (Lipinski definition) is 1. The molecular formula is C15H16ClN3O3S2. The van der Waals surface area contributed by atoms with Crippen molar-refractivity contribution in [3.8, 4) is 0 Å². The SMILES string of the molecule is CCOC(=O)N1CCc2nc(NC(=O)Cc3ccc(Cl)s3)sc2C1. The monoisotopic (exact) mass is 385 g/mol. The van der Waals surface area contributed by atoms with Crippen molar-refractivity contribution in [3.63, 3.8) is 0 Å². The number of carbonyl (C=O) groups excluding carboxylic acids is 2. The van der Waals surface area contributed by atoms with Crippen LogP contribution in [-0.4, -0.2) is 35.0 Å². The van der Waals surface area contributed by atoms with Gasteiger partial charge in [0.05, 0.1) is 29.6 Å². The lowest BCUT2D eigenvalue weighted by Gasteiger charge is -2.24. The molecule has 2 aromatic heterocycles. The van der Waals surface area contributed by atoms with E-state index in [9.17, 15) is 9.59 Å². The van der Waals surface area contributed by atoms with Gasteiger partial charge < -0.3 is 15.0 Å². The lowest BCUT2D eigenvalue weighted by molar-refractivity contribution is -0.115. The second-order valence-electron chi connectivity index (χ2n) is 5.19. The van der Waals surface area contributed by atoms with Crippen LogP contribution in [0.5, 0.6) is 0 Å². The van der Waals surface area contributed by atoms with Gasteiger partial charge in [0.2, 0.25) is 5.91 Å². The van der Waals surface area contributed by atoms with E-state index in [0.717, 1.165) is 15.4 Å². The molecule has 0 aliphatic carbocycles. The van der Waals surface area contributed by atoms with Crippen molar-refractivity contribution < 1.29 is 14.3 Å². The molecule has 2 aromatic rings. The Morgan fingerprint density at radius 2 is 2.25 bits per heavy atom. The molecule has 1 aliphatic heterocycles. The number of hydrogen-bond acceptors (Lipinski definition) is 6. The van der Waals surface area contributed by atoms with Crippen molar-refractivity contribution in [3.05, 3.63) is 31.9 Å². The van der Waals surface area contributed by atoms with Gasteiger partial charge in [-0.2, -0.15) is 0 Å². The number of carbonyl (C=O) groups is 2. The lowest BCUT2D eigenvalue weighted by atomic mass is 10.2. The molecule has 0 spiro atoms. The van der Waals surface area contributed by atoms with Crippen LogP contribution in [0.3, 0.4) is 0 Å².